The number of hydrogen-bond acceptors (Lipinski definition) is 2. The largest absolute Gasteiger partial charge is 0.496 e. The Hall–Kier alpha value is -1.88. The van der Waals surface area contributed by atoms with Gasteiger partial charge < -0.3 is 9.47 Å². The predicted octanol–water partition coefficient (Wildman–Crippen LogP) is 6.43. The van der Waals surface area contributed by atoms with Crippen molar-refractivity contribution in [3.63, 3.8) is 0 Å². The highest BCUT2D eigenvalue weighted by atomic mass is 16.5. The maximum absolute atomic E-state index is 6.51. The number of allylic oxidation sites excluding steroid dienone is 2. The smallest absolute Gasteiger partial charge is 0.127 e. The van der Waals surface area contributed by atoms with E-state index in [1.807, 2.05) is 0 Å². The van der Waals surface area contributed by atoms with E-state index in [9.17, 15) is 0 Å². The van der Waals surface area contributed by atoms with Gasteiger partial charge in [-0.05, 0) is 57.7 Å². The molecule has 0 bridgehead atoms. The Labute approximate surface area is 165 Å². The molecule has 1 heterocycles. The molecule has 146 valence electrons. The van der Waals surface area contributed by atoms with Crippen LogP contribution in [-0.4, -0.2) is 12.7 Å². The van der Waals surface area contributed by atoms with Crippen LogP contribution >= 0.6 is 0 Å². The van der Waals surface area contributed by atoms with Gasteiger partial charge in [-0.25, -0.2) is 0 Å². The molecule has 0 spiro atoms. The van der Waals surface area contributed by atoms with Crippen LogP contribution in [0.25, 0.3) is 0 Å². The fourth-order valence-electron chi connectivity index (χ4n) is 4.59. The molecular formula is C25H34O2. The lowest BCUT2D eigenvalue weighted by Gasteiger charge is -2.47. The SMILES string of the molecule is CCCCCC#CCc1cc(OC)c2c(c1)OC(C)(C)C1CC=C(C)CC21. The minimum absolute atomic E-state index is 0.162. The van der Waals surface area contributed by atoms with Gasteiger partial charge in [-0.2, -0.15) is 0 Å². The fraction of sp³-hybridized carbons (Fsp3) is 0.600. The predicted molar refractivity (Wildman–Crippen MR) is 113 cm³/mol. The van der Waals surface area contributed by atoms with Gasteiger partial charge in [0.05, 0.1) is 7.11 Å². The molecule has 0 fully saturated rings. The molecule has 3 rings (SSSR count). The van der Waals surface area contributed by atoms with Crippen molar-refractivity contribution < 1.29 is 9.47 Å². The molecule has 1 aromatic rings. The van der Waals surface area contributed by atoms with Crippen LogP contribution in [-0.2, 0) is 6.42 Å². The second-order valence-corrected chi connectivity index (χ2v) is 8.61. The summed E-state index contributed by atoms with van der Waals surface area (Å²) in [7, 11) is 1.77. The van der Waals surface area contributed by atoms with Crippen LogP contribution < -0.4 is 9.47 Å². The molecule has 27 heavy (non-hydrogen) atoms. The summed E-state index contributed by atoms with van der Waals surface area (Å²) in [6.07, 6.45) is 10.0. The maximum atomic E-state index is 6.51. The standard InChI is InChI=1S/C25H34O2/c1-6-7-8-9-10-11-12-19-16-22(26-5)24-20-15-18(2)13-14-21(20)25(3,4)27-23(24)17-19/h13,16-17,20-21H,6-9,12,14-15H2,1-5H3. The van der Waals surface area contributed by atoms with Crippen LogP contribution in [0.15, 0.2) is 23.8 Å². The minimum atomic E-state index is -0.162. The topological polar surface area (TPSA) is 18.5 Å². The molecule has 2 aliphatic rings. The molecule has 1 aliphatic heterocycles. The van der Waals surface area contributed by atoms with Crippen molar-refractivity contribution in [2.75, 3.05) is 7.11 Å². The second-order valence-electron chi connectivity index (χ2n) is 8.61. The van der Waals surface area contributed by atoms with Gasteiger partial charge >= 0.3 is 0 Å². The Bertz CT molecular complexity index is 761. The summed E-state index contributed by atoms with van der Waals surface area (Å²) in [5.41, 5.74) is 3.76. The van der Waals surface area contributed by atoms with Gasteiger partial charge in [-0.15, -0.1) is 5.92 Å². The third-order valence-corrected chi connectivity index (χ3v) is 6.09. The molecule has 2 nitrogen and oxygen atoms in total. The molecule has 2 atom stereocenters. The van der Waals surface area contributed by atoms with Crippen LogP contribution in [0.4, 0.5) is 0 Å². The molecule has 1 aromatic carbocycles. The number of unbranched alkanes of at least 4 members (excludes halogenated alkanes) is 3. The molecule has 0 saturated carbocycles. The monoisotopic (exact) mass is 366 g/mol. The highest BCUT2D eigenvalue weighted by molar-refractivity contribution is 5.53. The third kappa shape index (κ3) is 4.34. The number of hydrogen-bond donors (Lipinski definition) is 0. The normalized spacial score (nSPS) is 22.5. The average Bonchev–Trinajstić information content (AvgIpc) is 2.63. The van der Waals surface area contributed by atoms with Crippen LogP contribution in [0.1, 0.15) is 83.3 Å². The first-order valence-electron chi connectivity index (χ1n) is 10.5. The van der Waals surface area contributed by atoms with E-state index in [1.165, 1.54) is 36.0 Å². The fourth-order valence-corrected chi connectivity index (χ4v) is 4.59. The third-order valence-electron chi connectivity index (χ3n) is 6.09. The first-order valence-corrected chi connectivity index (χ1v) is 10.5. The zero-order chi connectivity index (χ0) is 19.4. The van der Waals surface area contributed by atoms with E-state index in [1.54, 1.807) is 7.11 Å². The zero-order valence-electron chi connectivity index (χ0n) is 17.7. The van der Waals surface area contributed by atoms with Gasteiger partial charge in [-0.3, -0.25) is 0 Å². The Morgan fingerprint density at radius 2 is 2.04 bits per heavy atom. The van der Waals surface area contributed by atoms with Gasteiger partial charge in [0, 0.05) is 30.2 Å². The first-order chi connectivity index (χ1) is 13.0. The highest BCUT2D eigenvalue weighted by Gasteiger charge is 2.45. The van der Waals surface area contributed by atoms with E-state index in [0.717, 1.165) is 37.2 Å². The van der Waals surface area contributed by atoms with Crippen molar-refractivity contribution in [1.29, 1.82) is 0 Å². The Kier molecular flexibility index (Phi) is 6.20. The summed E-state index contributed by atoms with van der Waals surface area (Å²) in [6, 6.07) is 4.37. The molecule has 2 unspecified atom stereocenters. The number of fused-ring (bicyclic) bond motifs is 3. The van der Waals surface area contributed by atoms with Crippen molar-refractivity contribution in [1.82, 2.24) is 0 Å². The molecule has 0 saturated heterocycles. The molecule has 0 aromatic heterocycles. The van der Waals surface area contributed by atoms with Crippen LogP contribution in [0.5, 0.6) is 11.5 Å². The lowest BCUT2D eigenvalue weighted by molar-refractivity contribution is 0.00751. The first kappa shape index (κ1) is 19.9. The number of methoxy groups -OCH3 is 1. The van der Waals surface area contributed by atoms with Crippen LogP contribution in [0, 0.1) is 17.8 Å². The van der Waals surface area contributed by atoms with Gasteiger partial charge in [0.25, 0.3) is 0 Å². The molecule has 0 N–H and O–H groups in total. The minimum Gasteiger partial charge on any atom is -0.496 e. The van der Waals surface area contributed by atoms with E-state index in [4.69, 9.17) is 9.47 Å². The highest BCUT2D eigenvalue weighted by Crippen LogP contribution is 2.54. The summed E-state index contributed by atoms with van der Waals surface area (Å²) >= 11 is 0. The summed E-state index contributed by atoms with van der Waals surface area (Å²) in [5.74, 6) is 9.58. The van der Waals surface area contributed by atoms with Crippen molar-refractivity contribution in [3.05, 3.63) is 34.9 Å². The Morgan fingerprint density at radius 3 is 2.78 bits per heavy atom. The molecular weight excluding hydrogens is 332 g/mol. The van der Waals surface area contributed by atoms with E-state index in [2.05, 4.69) is 57.7 Å². The van der Waals surface area contributed by atoms with Crippen molar-refractivity contribution in [2.24, 2.45) is 5.92 Å². The van der Waals surface area contributed by atoms with Crippen molar-refractivity contribution in [3.8, 4) is 23.3 Å². The Morgan fingerprint density at radius 1 is 1.22 bits per heavy atom. The summed E-state index contributed by atoms with van der Waals surface area (Å²) in [4.78, 5) is 0. The van der Waals surface area contributed by atoms with Crippen molar-refractivity contribution >= 4 is 0 Å². The molecule has 0 amide bonds. The number of ether oxygens (including phenoxy) is 2. The number of benzene rings is 1. The summed E-state index contributed by atoms with van der Waals surface area (Å²) in [5, 5.41) is 0. The molecule has 0 radical (unpaired) electrons. The zero-order valence-corrected chi connectivity index (χ0v) is 17.7. The van der Waals surface area contributed by atoms with Gasteiger partial charge in [-0.1, -0.05) is 37.3 Å². The number of rotatable bonds is 5. The van der Waals surface area contributed by atoms with Crippen LogP contribution in [0.3, 0.4) is 0 Å². The summed E-state index contributed by atoms with van der Waals surface area (Å²) < 4.78 is 12.3. The average molecular weight is 367 g/mol. The van der Waals surface area contributed by atoms with Gasteiger partial charge in [0.1, 0.15) is 17.1 Å². The lowest BCUT2D eigenvalue weighted by Crippen LogP contribution is -2.45. The summed E-state index contributed by atoms with van der Waals surface area (Å²) in [6.45, 7) is 8.93. The quantitative estimate of drug-likeness (QED) is 0.339. The van der Waals surface area contributed by atoms with Gasteiger partial charge in [0.15, 0.2) is 0 Å². The molecule has 1 aliphatic carbocycles. The maximum Gasteiger partial charge on any atom is 0.127 e. The Balaban J connectivity index is 1.88. The second kappa shape index (κ2) is 8.42. The van der Waals surface area contributed by atoms with E-state index in [-0.39, 0.29) is 5.60 Å². The van der Waals surface area contributed by atoms with Crippen LogP contribution in [0.2, 0.25) is 0 Å². The van der Waals surface area contributed by atoms with E-state index >= 15 is 0 Å². The molecule has 2 heteroatoms. The van der Waals surface area contributed by atoms with E-state index in [0.29, 0.717) is 11.8 Å². The van der Waals surface area contributed by atoms with E-state index < -0.39 is 0 Å². The lowest BCUT2D eigenvalue weighted by atomic mass is 9.67. The van der Waals surface area contributed by atoms with Crippen molar-refractivity contribution in [2.45, 2.75) is 84.2 Å². The van der Waals surface area contributed by atoms with Gasteiger partial charge in [0.2, 0.25) is 0 Å².